The number of amides is 2. The number of carbonyl (C=O) groups excluding carboxylic acids is 4. The number of imide groups is 1. The Morgan fingerprint density at radius 3 is 2.37 bits per heavy atom. The summed E-state index contributed by atoms with van der Waals surface area (Å²) < 4.78 is 0. The van der Waals surface area contributed by atoms with Crippen molar-refractivity contribution in [1.29, 1.82) is 0 Å². The van der Waals surface area contributed by atoms with Gasteiger partial charge < -0.3 is 9.59 Å². The van der Waals surface area contributed by atoms with Gasteiger partial charge in [0.25, 0.3) is 11.8 Å². The van der Waals surface area contributed by atoms with Gasteiger partial charge in [0.15, 0.2) is 0 Å². The predicted octanol–water partition coefficient (Wildman–Crippen LogP) is 3.57. The molecule has 0 saturated carbocycles. The van der Waals surface area contributed by atoms with Gasteiger partial charge in [-0.05, 0) is 41.3 Å². The van der Waals surface area contributed by atoms with Crippen LogP contribution in [0.25, 0.3) is 10.8 Å². The molecule has 0 aromatic heterocycles. The van der Waals surface area contributed by atoms with Crippen LogP contribution in [0.2, 0.25) is 0 Å². The van der Waals surface area contributed by atoms with E-state index in [0.717, 1.165) is 22.3 Å². The molecule has 1 atom stereocenters. The lowest BCUT2D eigenvalue weighted by Crippen LogP contribution is -2.48. The Morgan fingerprint density at radius 2 is 1.74 bits per heavy atom. The third kappa shape index (κ3) is 3.54. The molecule has 0 saturated heterocycles. The van der Waals surface area contributed by atoms with Gasteiger partial charge in [-0.3, -0.25) is 14.5 Å². The quantitative estimate of drug-likeness (QED) is 0.579. The average molecular weight is 365 g/mol. The van der Waals surface area contributed by atoms with E-state index in [-0.39, 0.29) is 18.3 Å². The monoisotopic (exact) mass is 365 g/mol. The molecule has 5 heteroatoms. The van der Waals surface area contributed by atoms with Crippen molar-refractivity contribution in [3.8, 4) is 0 Å². The third-order valence-electron chi connectivity index (χ3n) is 4.74. The number of aldehydes is 2. The van der Waals surface area contributed by atoms with Crippen LogP contribution in [-0.2, 0) is 16.0 Å². The molecule has 2 aromatic carbocycles. The number of hydrogen-bond acceptors (Lipinski definition) is 4. The zero-order chi connectivity index (χ0) is 19.8. The smallest absolute Gasteiger partial charge is 0.262 e. The molecule has 0 fully saturated rings. The van der Waals surface area contributed by atoms with Crippen molar-refractivity contribution in [2.45, 2.75) is 46.1 Å². The molecule has 0 bridgehead atoms. The molecule has 3 rings (SSSR count). The lowest BCUT2D eigenvalue weighted by atomic mass is 9.84. The Balaban J connectivity index is 2.16. The molecule has 140 valence electrons. The van der Waals surface area contributed by atoms with Crippen molar-refractivity contribution in [3.63, 3.8) is 0 Å². The van der Waals surface area contributed by atoms with Gasteiger partial charge in [-0.1, -0.05) is 39.0 Å². The minimum absolute atomic E-state index is 0.0422. The summed E-state index contributed by atoms with van der Waals surface area (Å²) in [6.07, 6.45) is 2.29. The van der Waals surface area contributed by atoms with E-state index in [9.17, 15) is 19.2 Å². The molecule has 1 aliphatic rings. The fraction of sp³-hybridized carbons (Fsp3) is 0.364. The van der Waals surface area contributed by atoms with E-state index < -0.39 is 17.9 Å². The van der Waals surface area contributed by atoms with Crippen LogP contribution in [0.4, 0.5) is 0 Å². The average Bonchev–Trinajstić information content (AvgIpc) is 2.60. The lowest BCUT2D eigenvalue weighted by molar-refractivity contribution is -0.112. The van der Waals surface area contributed by atoms with E-state index in [1.807, 2.05) is 18.2 Å². The molecule has 0 radical (unpaired) electrons. The molecule has 5 nitrogen and oxygen atoms in total. The van der Waals surface area contributed by atoms with E-state index in [1.54, 1.807) is 12.1 Å². The first-order chi connectivity index (χ1) is 12.8. The molecular formula is C22H23NO4. The minimum atomic E-state index is -0.940. The molecule has 2 amide bonds. The first kappa shape index (κ1) is 19.0. The largest absolute Gasteiger partial charge is 0.303 e. The van der Waals surface area contributed by atoms with Crippen LogP contribution in [0.1, 0.15) is 59.9 Å². The van der Waals surface area contributed by atoms with Crippen molar-refractivity contribution in [3.05, 3.63) is 47.0 Å². The summed E-state index contributed by atoms with van der Waals surface area (Å²) in [4.78, 5) is 49.4. The fourth-order valence-corrected chi connectivity index (χ4v) is 3.70. The highest BCUT2D eigenvalue weighted by molar-refractivity contribution is 6.26. The highest BCUT2D eigenvalue weighted by Crippen LogP contribution is 2.34. The Labute approximate surface area is 158 Å². The maximum atomic E-state index is 13.2. The summed E-state index contributed by atoms with van der Waals surface area (Å²) in [5, 5.41) is 1.49. The van der Waals surface area contributed by atoms with Gasteiger partial charge in [-0.25, -0.2) is 0 Å². The predicted molar refractivity (Wildman–Crippen MR) is 103 cm³/mol. The molecule has 27 heavy (non-hydrogen) atoms. The second-order valence-electron chi connectivity index (χ2n) is 8.21. The normalized spacial score (nSPS) is 15.1. The molecule has 1 heterocycles. The maximum Gasteiger partial charge on any atom is 0.262 e. The Kier molecular flexibility index (Phi) is 4.96. The molecule has 0 spiro atoms. The molecule has 0 N–H and O–H groups in total. The minimum Gasteiger partial charge on any atom is -0.303 e. The Hall–Kier alpha value is -2.82. The standard InChI is InChI=1S/C22H23NO4/c1-22(2,3)12-14-10-15-6-4-8-17-19(15)18(11-14)21(27)23(20(17)26)16(13-25)7-5-9-24/h4,6,8-11,13,16H,5,7,12H2,1-3H3. The SMILES string of the molecule is CC(C)(C)Cc1cc2c3c(cccc3c1)C(=O)N(C(C=O)CCC=O)C2=O. The van der Waals surface area contributed by atoms with Crippen LogP contribution in [0, 0.1) is 5.41 Å². The van der Waals surface area contributed by atoms with Crippen LogP contribution >= 0.6 is 0 Å². The molecular weight excluding hydrogens is 342 g/mol. The van der Waals surface area contributed by atoms with Crippen molar-refractivity contribution in [2.75, 3.05) is 0 Å². The summed E-state index contributed by atoms with van der Waals surface area (Å²) in [5.41, 5.74) is 1.92. The van der Waals surface area contributed by atoms with E-state index in [2.05, 4.69) is 20.8 Å². The number of benzene rings is 2. The highest BCUT2D eigenvalue weighted by atomic mass is 16.2. The van der Waals surface area contributed by atoms with Crippen molar-refractivity contribution in [2.24, 2.45) is 5.41 Å². The van der Waals surface area contributed by atoms with Crippen molar-refractivity contribution < 1.29 is 19.2 Å². The van der Waals surface area contributed by atoms with Crippen LogP contribution in [0.15, 0.2) is 30.3 Å². The van der Waals surface area contributed by atoms with Gasteiger partial charge in [0.2, 0.25) is 0 Å². The number of hydrogen-bond donors (Lipinski definition) is 0. The molecule has 0 aliphatic carbocycles. The van der Waals surface area contributed by atoms with Crippen molar-refractivity contribution >= 4 is 35.2 Å². The van der Waals surface area contributed by atoms with Crippen molar-refractivity contribution in [1.82, 2.24) is 4.90 Å². The van der Waals surface area contributed by atoms with Gasteiger partial charge in [0, 0.05) is 22.9 Å². The molecule has 1 aliphatic heterocycles. The van der Waals surface area contributed by atoms with Crippen LogP contribution in [0.5, 0.6) is 0 Å². The topological polar surface area (TPSA) is 71.5 Å². The highest BCUT2D eigenvalue weighted by Gasteiger charge is 2.37. The fourth-order valence-electron chi connectivity index (χ4n) is 3.70. The zero-order valence-electron chi connectivity index (χ0n) is 15.8. The summed E-state index contributed by atoms with van der Waals surface area (Å²) in [7, 11) is 0. The summed E-state index contributed by atoms with van der Waals surface area (Å²) in [6, 6.07) is 8.28. The Morgan fingerprint density at radius 1 is 1.04 bits per heavy atom. The molecule has 2 aromatic rings. The van der Waals surface area contributed by atoms with Gasteiger partial charge in [0.1, 0.15) is 12.6 Å². The van der Waals surface area contributed by atoms with Gasteiger partial charge >= 0.3 is 0 Å². The lowest BCUT2D eigenvalue weighted by Gasteiger charge is -2.31. The number of rotatable bonds is 6. The summed E-state index contributed by atoms with van der Waals surface area (Å²) in [6.45, 7) is 6.37. The number of nitrogens with zero attached hydrogens (tertiary/aromatic N) is 1. The van der Waals surface area contributed by atoms with Gasteiger partial charge in [-0.2, -0.15) is 0 Å². The van der Waals surface area contributed by atoms with Gasteiger partial charge in [0.05, 0.1) is 6.04 Å². The first-order valence-corrected chi connectivity index (χ1v) is 9.09. The second kappa shape index (κ2) is 7.06. The van der Waals surface area contributed by atoms with Gasteiger partial charge in [-0.15, -0.1) is 0 Å². The van der Waals surface area contributed by atoms with E-state index >= 15 is 0 Å². The van der Waals surface area contributed by atoms with E-state index in [4.69, 9.17) is 0 Å². The van der Waals surface area contributed by atoms with Crippen LogP contribution < -0.4 is 0 Å². The van der Waals surface area contributed by atoms with E-state index in [1.165, 1.54) is 0 Å². The summed E-state index contributed by atoms with van der Waals surface area (Å²) in [5.74, 6) is -0.952. The van der Waals surface area contributed by atoms with E-state index in [0.29, 0.717) is 29.1 Å². The number of carbonyl (C=O) groups is 4. The maximum absolute atomic E-state index is 13.2. The summed E-state index contributed by atoms with van der Waals surface area (Å²) >= 11 is 0. The molecule has 1 unspecified atom stereocenters. The zero-order valence-corrected chi connectivity index (χ0v) is 15.8. The Bertz CT molecular complexity index is 939. The van der Waals surface area contributed by atoms with Crippen LogP contribution in [-0.4, -0.2) is 35.3 Å². The first-order valence-electron chi connectivity index (χ1n) is 9.09. The third-order valence-corrected chi connectivity index (χ3v) is 4.74. The second-order valence-corrected chi connectivity index (χ2v) is 8.21. The van der Waals surface area contributed by atoms with Crippen LogP contribution in [0.3, 0.4) is 0 Å².